The summed E-state index contributed by atoms with van der Waals surface area (Å²) < 4.78 is 11.6. The first-order valence-electron chi connectivity index (χ1n) is 6.21. The summed E-state index contributed by atoms with van der Waals surface area (Å²) in [7, 11) is 0. The van der Waals surface area contributed by atoms with Crippen molar-refractivity contribution in [2.24, 2.45) is 0 Å². The Hall–Kier alpha value is -1.40. The van der Waals surface area contributed by atoms with Crippen molar-refractivity contribution in [2.45, 2.75) is 18.8 Å². The van der Waals surface area contributed by atoms with Crippen LogP contribution in [0.15, 0.2) is 27.2 Å². The van der Waals surface area contributed by atoms with Gasteiger partial charge in [-0.2, -0.15) is 4.98 Å². The van der Waals surface area contributed by atoms with E-state index in [9.17, 15) is 0 Å². The predicted octanol–water partition coefficient (Wildman–Crippen LogP) is 2.98. The number of halogens is 1. The van der Waals surface area contributed by atoms with Gasteiger partial charge in [0.25, 0.3) is 5.89 Å². The fraction of sp³-hybridized carbons (Fsp3) is 0.385. The molecular formula is C13H14BrN3O2. The third kappa shape index (κ3) is 2.64. The third-order valence-corrected chi connectivity index (χ3v) is 3.77. The average Bonchev–Trinajstić information content (AvgIpc) is 2.92. The Bertz CT molecular complexity index is 579. The van der Waals surface area contributed by atoms with Crippen LogP contribution in [0.1, 0.15) is 24.6 Å². The molecule has 2 aromatic rings. The molecule has 0 unspecified atom stereocenters. The third-order valence-electron chi connectivity index (χ3n) is 3.27. The number of nitrogens with zero attached hydrogens (tertiary/aromatic N) is 2. The van der Waals surface area contributed by atoms with E-state index in [1.807, 2.05) is 18.2 Å². The lowest BCUT2D eigenvalue weighted by atomic mass is 10.00. The minimum atomic E-state index is 0.319. The van der Waals surface area contributed by atoms with Crippen LogP contribution in [0.2, 0.25) is 0 Å². The van der Waals surface area contributed by atoms with E-state index in [2.05, 4.69) is 26.1 Å². The van der Waals surface area contributed by atoms with Crippen LogP contribution < -0.4 is 5.73 Å². The van der Waals surface area contributed by atoms with Gasteiger partial charge in [-0.15, -0.1) is 0 Å². The van der Waals surface area contributed by atoms with E-state index in [4.69, 9.17) is 15.0 Å². The van der Waals surface area contributed by atoms with Gasteiger partial charge in [-0.05, 0) is 31.0 Å². The molecule has 0 amide bonds. The second kappa shape index (κ2) is 5.30. The van der Waals surface area contributed by atoms with Gasteiger partial charge < -0.3 is 15.0 Å². The first-order valence-corrected chi connectivity index (χ1v) is 7.00. The Kier molecular flexibility index (Phi) is 3.52. The molecule has 5 nitrogen and oxygen atoms in total. The van der Waals surface area contributed by atoms with E-state index >= 15 is 0 Å². The van der Waals surface area contributed by atoms with Crippen LogP contribution in [0.25, 0.3) is 11.5 Å². The molecule has 0 saturated carbocycles. The van der Waals surface area contributed by atoms with E-state index in [1.165, 1.54) is 0 Å². The maximum atomic E-state index is 5.94. The Morgan fingerprint density at radius 2 is 2.05 bits per heavy atom. The molecule has 6 heteroatoms. The molecular weight excluding hydrogens is 310 g/mol. The van der Waals surface area contributed by atoms with Gasteiger partial charge in [0.1, 0.15) is 0 Å². The molecule has 1 aromatic carbocycles. The standard InChI is InChI=1S/C13H14BrN3O2/c14-9-1-2-11(15)10(7-9)13-16-12(17-19-13)8-3-5-18-6-4-8/h1-2,7-8H,3-6,15H2. The number of aromatic nitrogens is 2. The monoisotopic (exact) mass is 323 g/mol. The van der Waals surface area contributed by atoms with Crippen molar-refractivity contribution < 1.29 is 9.26 Å². The van der Waals surface area contributed by atoms with E-state index in [1.54, 1.807) is 0 Å². The smallest absolute Gasteiger partial charge is 0.260 e. The maximum absolute atomic E-state index is 5.94. The minimum absolute atomic E-state index is 0.319. The van der Waals surface area contributed by atoms with Gasteiger partial charge in [0.15, 0.2) is 5.82 Å². The molecule has 1 aromatic heterocycles. The average molecular weight is 324 g/mol. The van der Waals surface area contributed by atoms with Crippen LogP contribution >= 0.6 is 15.9 Å². The summed E-state index contributed by atoms with van der Waals surface area (Å²) in [6, 6.07) is 5.59. The summed E-state index contributed by atoms with van der Waals surface area (Å²) in [6.07, 6.45) is 1.87. The molecule has 0 bridgehead atoms. The van der Waals surface area contributed by atoms with Crippen molar-refractivity contribution in [1.82, 2.24) is 10.1 Å². The molecule has 1 aliphatic heterocycles. The molecule has 1 aliphatic rings. The van der Waals surface area contributed by atoms with Crippen LogP contribution in [-0.4, -0.2) is 23.4 Å². The van der Waals surface area contributed by atoms with Crippen LogP contribution in [0, 0.1) is 0 Å². The fourth-order valence-corrected chi connectivity index (χ4v) is 2.54. The quantitative estimate of drug-likeness (QED) is 0.860. The van der Waals surface area contributed by atoms with Gasteiger partial charge in [0.2, 0.25) is 0 Å². The molecule has 19 heavy (non-hydrogen) atoms. The van der Waals surface area contributed by atoms with Crippen molar-refractivity contribution in [2.75, 3.05) is 18.9 Å². The highest BCUT2D eigenvalue weighted by atomic mass is 79.9. The Morgan fingerprint density at radius 1 is 1.26 bits per heavy atom. The second-order valence-electron chi connectivity index (χ2n) is 4.58. The summed E-state index contributed by atoms with van der Waals surface area (Å²) in [4.78, 5) is 4.47. The van der Waals surface area contributed by atoms with E-state index in [0.717, 1.165) is 41.9 Å². The number of nitrogens with two attached hydrogens (primary N) is 1. The molecule has 0 spiro atoms. The van der Waals surface area contributed by atoms with Crippen LogP contribution in [-0.2, 0) is 4.74 Å². The first kappa shape index (κ1) is 12.6. The van der Waals surface area contributed by atoms with Gasteiger partial charge in [-0.25, -0.2) is 0 Å². The van der Waals surface area contributed by atoms with E-state index in [-0.39, 0.29) is 0 Å². The van der Waals surface area contributed by atoms with Crippen LogP contribution in [0.3, 0.4) is 0 Å². The highest BCUT2D eigenvalue weighted by Gasteiger charge is 2.22. The Morgan fingerprint density at radius 3 is 2.84 bits per heavy atom. The molecule has 0 radical (unpaired) electrons. The molecule has 0 aliphatic carbocycles. The number of rotatable bonds is 2. The van der Waals surface area contributed by atoms with Crippen molar-refractivity contribution in [3.63, 3.8) is 0 Å². The molecule has 0 atom stereocenters. The Labute approximate surface area is 119 Å². The highest BCUT2D eigenvalue weighted by Crippen LogP contribution is 2.30. The molecule has 1 saturated heterocycles. The molecule has 3 rings (SSSR count). The number of hydrogen-bond acceptors (Lipinski definition) is 5. The van der Waals surface area contributed by atoms with Crippen LogP contribution in [0.5, 0.6) is 0 Å². The van der Waals surface area contributed by atoms with Gasteiger partial charge in [0.05, 0.1) is 5.56 Å². The lowest BCUT2D eigenvalue weighted by molar-refractivity contribution is 0.0830. The summed E-state index contributed by atoms with van der Waals surface area (Å²) in [5.41, 5.74) is 7.33. The number of nitrogen functional groups attached to an aromatic ring is 1. The largest absolute Gasteiger partial charge is 0.398 e. The SMILES string of the molecule is Nc1ccc(Br)cc1-c1nc(C2CCOCC2)no1. The zero-order valence-corrected chi connectivity index (χ0v) is 11.9. The second-order valence-corrected chi connectivity index (χ2v) is 5.49. The van der Waals surface area contributed by atoms with Crippen molar-refractivity contribution >= 4 is 21.6 Å². The number of anilines is 1. The van der Waals surface area contributed by atoms with Crippen LogP contribution in [0.4, 0.5) is 5.69 Å². The van der Waals surface area contributed by atoms with E-state index in [0.29, 0.717) is 17.5 Å². The van der Waals surface area contributed by atoms with E-state index < -0.39 is 0 Å². The Balaban J connectivity index is 1.89. The molecule has 100 valence electrons. The normalized spacial score (nSPS) is 16.7. The predicted molar refractivity (Wildman–Crippen MR) is 74.6 cm³/mol. The molecule has 2 heterocycles. The zero-order valence-electron chi connectivity index (χ0n) is 10.3. The fourth-order valence-electron chi connectivity index (χ4n) is 2.18. The van der Waals surface area contributed by atoms with Crippen molar-refractivity contribution in [3.8, 4) is 11.5 Å². The summed E-state index contributed by atoms with van der Waals surface area (Å²) in [5, 5.41) is 4.07. The van der Waals surface area contributed by atoms with Gasteiger partial charge in [-0.1, -0.05) is 21.1 Å². The number of ether oxygens (including phenoxy) is 1. The summed E-state index contributed by atoms with van der Waals surface area (Å²) in [5.74, 6) is 1.54. The summed E-state index contributed by atoms with van der Waals surface area (Å²) >= 11 is 3.42. The molecule has 1 fully saturated rings. The summed E-state index contributed by atoms with van der Waals surface area (Å²) in [6.45, 7) is 1.52. The highest BCUT2D eigenvalue weighted by molar-refractivity contribution is 9.10. The topological polar surface area (TPSA) is 74.2 Å². The van der Waals surface area contributed by atoms with Gasteiger partial charge >= 0.3 is 0 Å². The van der Waals surface area contributed by atoms with Gasteiger partial charge in [-0.3, -0.25) is 0 Å². The zero-order chi connectivity index (χ0) is 13.2. The maximum Gasteiger partial charge on any atom is 0.260 e. The van der Waals surface area contributed by atoms with Crippen molar-refractivity contribution in [3.05, 3.63) is 28.5 Å². The lowest BCUT2D eigenvalue weighted by Crippen LogP contribution is -2.15. The lowest BCUT2D eigenvalue weighted by Gasteiger charge is -2.18. The molecule has 2 N–H and O–H groups in total. The first-order chi connectivity index (χ1) is 9.24. The van der Waals surface area contributed by atoms with Crippen molar-refractivity contribution in [1.29, 1.82) is 0 Å². The minimum Gasteiger partial charge on any atom is -0.398 e. The number of hydrogen-bond donors (Lipinski definition) is 1. The van der Waals surface area contributed by atoms with Gasteiger partial charge in [0, 0.05) is 29.3 Å². The number of benzene rings is 1.